The molecule has 8 heteroatoms. The molecule has 3 aliphatic heterocycles. The number of benzene rings is 1. The number of thioether (sulfide) groups is 1. The van der Waals surface area contributed by atoms with Gasteiger partial charge in [-0.1, -0.05) is 32.8 Å². The van der Waals surface area contributed by atoms with Crippen molar-refractivity contribution >= 4 is 23.6 Å². The second-order valence-corrected chi connectivity index (χ2v) is 10.4. The van der Waals surface area contributed by atoms with E-state index in [0.717, 1.165) is 74.4 Å². The summed E-state index contributed by atoms with van der Waals surface area (Å²) < 4.78 is 10.7. The van der Waals surface area contributed by atoms with E-state index < -0.39 is 0 Å². The van der Waals surface area contributed by atoms with Crippen LogP contribution in [0.5, 0.6) is 11.5 Å². The summed E-state index contributed by atoms with van der Waals surface area (Å²) in [7, 11) is 0. The maximum absolute atomic E-state index is 12.9. The van der Waals surface area contributed by atoms with Crippen LogP contribution in [0.1, 0.15) is 57.9 Å². The quantitative estimate of drug-likeness (QED) is 0.619. The smallest absolute Gasteiger partial charge is 0.238 e. The lowest BCUT2D eigenvalue weighted by Crippen LogP contribution is -2.54. The molecule has 3 heterocycles. The second kappa shape index (κ2) is 10.3. The van der Waals surface area contributed by atoms with Crippen molar-refractivity contribution in [2.75, 3.05) is 25.6 Å². The Hall–Kier alpha value is -1.93. The number of amides is 2. The van der Waals surface area contributed by atoms with E-state index in [1.54, 1.807) is 0 Å². The largest absolute Gasteiger partial charge is 0.454 e. The van der Waals surface area contributed by atoms with Crippen molar-refractivity contribution in [3.8, 4) is 11.5 Å². The van der Waals surface area contributed by atoms with Gasteiger partial charge in [0.2, 0.25) is 18.6 Å². The molecule has 2 N–H and O–H groups in total. The number of nitrogens with zero attached hydrogens (tertiary/aromatic N) is 1. The van der Waals surface area contributed by atoms with E-state index in [1.165, 1.54) is 0 Å². The topological polar surface area (TPSA) is 79.9 Å². The Morgan fingerprint density at radius 3 is 2.78 bits per heavy atom. The molecule has 2 amide bonds. The van der Waals surface area contributed by atoms with Crippen LogP contribution in [-0.2, 0) is 16.1 Å². The summed E-state index contributed by atoms with van der Waals surface area (Å²) in [6, 6.07) is 5.54. The molecule has 3 aliphatic rings. The molecule has 7 nitrogen and oxygen atoms in total. The van der Waals surface area contributed by atoms with E-state index in [4.69, 9.17) is 9.47 Å². The minimum atomic E-state index is -0.204. The van der Waals surface area contributed by atoms with Crippen molar-refractivity contribution in [2.45, 2.75) is 69.8 Å². The van der Waals surface area contributed by atoms with E-state index in [9.17, 15) is 9.59 Å². The zero-order valence-electron chi connectivity index (χ0n) is 19.2. The summed E-state index contributed by atoms with van der Waals surface area (Å²) in [4.78, 5) is 27.6. The fourth-order valence-corrected chi connectivity index (χ4v) is 6.15. The van der Waals surface area contributed by atoms with E-state index in [2.05, 4.69) is 24.5 Å². The fraction of sp³-hybridized carbons (Fsp3) is 0.667. The molecule has 32 heavy (non-hydrogen) atoms. The minimum absolute atomic E-state index is 0.0242. The first kappa shape index (κ1) is 23.2. The van der Waals surface area contributed by atoms with Crippen LogP contribution in [0.15, 0.2) is 18.2 Å². The molecule has 2 saturated heterocycles. The summed E-state index contributed by atoms with van der Waals surface area (Å²) in [6.07, 6.45) is 5.93. The first-order chi connectivity index (χ1) is 15.5. The number of carbonyl (C=O) groups is 2. The molecular formula is C24H35N3O4S. The van der Waals surface area contributed by atoms with E-state index in [1.807, 2.05) is 34.9 Å². The van der Waals surface area contributed by atoms with Crippen molar-refractivity contribution in [1.29, 1.82) is 0 Å². The summed E-state index contributed by atoms with van der Waals surface area (Å²) in [6.45, 7) is 6.54. The highest BCUT2D eigenvalue weighted by Crippen LogP contribution is 2.39. The monoisotopic (exact) mass is 461 g/mol. The molecule has 0 bridgehead atoms. The highest BCUT2D eigenvalue weighted by molar-refractivity contribution is 8.01. The van der Waals surface area contributed by atoms with Crippen molar-refractivity contribution in [3.05, 3.63) is 23.8 Å². The highest BCUT2D eigenvalue weighted by Gasteiger charge is 2.44. The van der Waals surface area contributed by atoms with Gasteiger partial charge in [0.15, 0.2) is 11.5 Å². The first-order valence-electron chi connectivity index (χ1n) is 11.9. The Balaban J connectivity index is 1.24. The average molecular weight is 462 g/mol. The summed E-state index contributed by atoms with van der Waals surface area (Å²) in [5.74, 6) is 2.73. The third-order valence-corrected chi connectivity index (χ3v) is 8.39. The molecule has 0 saturated carbocycles. The Morgan fingerprint density at radius 2 is 2.03 bits per heavy atom. The van der Waals surface area contributed by atoms with Gasteiger partial charge in [-0.05, 0) is 43.4 Å². The van der Waals surface area contributed by atoms with Gasteiger partial charge in [-0.25, -0.2) is 0 Å². The normalized spacial score (nSPS) is 22.2. The average Bonchev–Trinajstić information content (AvgIpc) is 3.45. The van der Waals surface area contributed by atoms with Crippen LogP contribution in [0.3, 0.4) is 0 Å². The van der Waals surface area contributed by atoms with Crippen LogP contribution < -0.4 is 20.1 Å². The molecule has 176 valence electrons. The number of hydrogen-bond acceptors (Lipinski definition) is 6. The van der Waals surface area contributed by atoms with Gasteiger partial charge in [-0.2, -0.15) is 0 Å². The van der Waals surface area contributed by atoms with E-state index >= 15 is 0 Å². The zero-order valence-corrected chi connectivity index (χ0v) is 20.0. The summed E-state index contributed by atoms with van der Waals surface area (Å²) in [5, 5.41) is 6.64. The van der Waals surface area contributed by atoms with E-state index in [0.29, 0.717) is 12.5 Å². The number of rotatable bonds is 8. The Kier molecular flexibility index (Phi) is 7.51. The molecule has 1 spiro atoms. The van der Waals surface area contributed by atoms with Crippen LogP contribution in [-0.4, -0.2) is 53.3 Å². The number of carbonyl (C=O) groups excluding carboxylic acids is 2. The lowest BCUT2D eigenvalue weighted by atomic mass is 9.95. The number of unbranched alkanes of at least 4 members (excludes halogenated alkanes) is 1. The van der Waals surface area contributed by atoms with Gasteiger partial charge < -0.3 is 19.7 Å². The zero-order chi connectivity index (χ0) is 22.6. The van der Waals surface area contributed by atoms with Crippen molar-refractivity contribution in [1.82, 2.24) is 15.5 Å². The predicted octanol–water partition coefficient (Wildman–Crippen LogP) is 3.27. The van der Waals surface area contributed by atoms with Crippen LogP contribution in [0.25, 0.3) is 0 Å². The molecule has 2 unspecified atom stereocenters. The van der Waals surface area contributed by atoms with Gasteiger partial charge in [0.1, 0.15) is 0 Å². The molecule has 0 radical (unpaired) electrons. The molecule has 4 rings (SSSR count). The molecule has 2 fully saturated rings. The van der Waals surface area contributed by atoms with Gasteiger partial charge in [0, 0.05) is 31.3 Å². The number of ether oxygens (including phenoxy) is 2. The standard InChI is InChI=1S/C24H35N3O4S/c1-3-5-6-18(4-2)23(29)27-11-9-24(10-12-27)26-19(15-32-24)22(28)25-14-17-7-8-20-21(13-17)31-16-30-20/h7-8,13,18-19,26H,3-6,9-12,14-16H2,1-2H3,(H,25,28). The first-order valence-corrected chi connectivity index (χ1v) is 12.9. The number of piperidine rings is 1. The van der Waals surface area contributed by atoms with Crippen molar-refractivity contribution in [2.24, 2.45) is 5.92 Å². The lowest BCUT2D eigenvalue weighted by Gasteiger charge is -2.40. The van der Waals surface area contributed by atoms with E-state index in [-0.39, 0.29) is 29.5 Å². The predicted molar refractivity (Wildman–Crippen MR) is 126 cm³/mol. The maximum Gasteiger partial charge on any atom is 0.238 e. The fourth-order valence-electron chi connectivity index (χ4n) is 4.74. The Labute approximate surface area is 195 Å². The summed E-state index contributed by atoms with van der Waals surface area (Å²) >= 11 is 1.84. The van der Waals surface area contributed by atoms with Crippen LogP contribution in [0.2, 0.25) is 0 Å². The van der Waals surface area contributed by atoms with Gasteiger partial charge in [0.05, 0.1) is 10.9 Å². The van der Waals surface area contributed by atoms with Gasteiger partial charge >= 0.3 is 0 Å². The molecule has 1 aromatic carbocycles. The molecule has 0 aromatic heterocycles. The SMILES string of the molecule is CCCCC(CC)C(=O)N1CCC2(CC1)NC(C(=O)NCc1ccc3c(c1)OCO3)CS2. The maximum atomic E-state index is 12.9. The second-order valence-electron chi connectivity index (χ2n) is 8.98. The number of nitrogens with one attached hydrogen (secondary N) is 2. The van der Waals surface area contributed by atoms with Crippen molar-refractivity contribution < 1.29 is 19.1 Å². The number of fused-ring (bicyclic) bond motifs is 1. The lowest BCUT2D eigenvalue weighted by molar-refractivity contribution is -0.137. The van der Waals surface area contributed by atoms with Gasteiger partial charge in [0.25, 0.3) is 0 Å². The third kappa shape index (κ3) is 5.17. The van der Waals surface area contributed by atoms with Crippen LogP contribution in [0.4, 0.5) is 0 Å². The molecule has 2 atom stereocenters. The minimum Gasteiger partial charge on any atom is -0.454 e. The van der Waals surface area contributed by atoms with Gasteiger partial charge in [-0.3, -0.25) is 14.9 Å². The third-order valence-electron chi connectivity index (χ3n) is 6.81. The van der Waals surface area contributed by atoms with Crippen LogP contribution in [0, 0.1) is 5.92 Å². The molecule has 0 aliphatic carbocycles. The number of hydrogen-bond donors (Lipinski definition) is 2. The number of likely N-dealkylation sites (tertiary alicyclic amines) is 1. The molecule has 1 aromatic rings. The van der Waals surface area contributed by atoms with Gasteiger partial charge in [-0.15, -0.1) is 11.8 Å². The van der Waals surface area contributed by atoms with Crippen molar-refractivity contribution in [3.63, 3.8) is 0 Å². The van der Waals surface area contributed by atoms with Crippen LogP contribution >= 0.6 is 11.8 Å². The molecular weight excluding hydrogens is 426 g/mol. The Morgan fingerprint density at radius 1 is 1.25 bits per heavy atom. The highest BCUT2D eigenvalue weighted by atomic mass is 32.2. The summed E-state index contributed by atoms with van der Waals surface area (Å²) in [5.41, 5.74) is 0.989. The Bertz CT molecular complexity index is 825.